The minimum atomic E-state index is -3.65. The van der Waals surface area contributed by atoms with Crippen LogP contribution < -0.4 is 9.21 Å². The fourth-order valence-corrected chi connectivity index (χ4v) is 3.58. The third-order valence-electron chi connectivity index (χ3n) is 3.97. The van der Waals surface area contributed by atoms with Gasteiger partial charge in [-0.25, -0.2) is 13.4 Å². The van der Waals surface area contributed by atoms with Gasteiger partial charge in [-0.3, -0.25) is 9.29 Å². The van der Waals surface area contributed by atoms with Crippen molar-refractivity contribution in [3.8, 4) is 0 Å². The molecule has 0 aromatic carbocycles. The molecular weight excluding hydrogens is 328 g/mol. The molecule has 8 heteroatoms. The SMILES string of the molecule is Cc1ccc(S(=O)(=O)N(C)c2ccc(N3CCOCC3)nc2)cn1. The van der Waals surface area contributed by atoms with Crippen LogP contribution in [0.25, 0.3) is 0 Å². The van der Waals surface area contributed by atoms with Crippen LogP contribution in [0.15, 0.2) is 41.6 Å². The first-order valence-electron chi connectivity index (χ1n) is 7.69. The molecule has 0 unspecified atom stereocenters. The summed E-state index contributed by atoms with van der Waals surface area (Å²) in [6.45, 7) is 4.75. The van der Waals surface area contributed by atoms with E-state index in [1.54, 1.807) is 24.4 Å². The Labute approximate surface area is 142 Å². The van der Waals surface area contributed by atoms with E-state index in [9.17, 15) is 8.42 Å². The molecule has 1 aliphatic heterocycles. The maximum absolute atomic E-state index is 12.7. The van der Waals surface area contributed by atoms with E-state index in [2.05, 4.69) is 14.9 Å². The predicted molar refractivity (Wildman–Crippen MR) is 91.8 cm³/mol. The van der Waals surface area contributed by atoms with Crippen LogP contribution in [-0.4, -0.2) is 51.7 Å². The van der Waals surface area contributed by atoms with Gasteiger partial charge in [0.25, 0.3) is 10.0 Å². The van der Waals surface area contributed by atoms with E-state index in [-0.39, 0.29) is 4.90 Å². The Hall–Kier alpha value is -2.19. The van der Waals surface area contributed by atoms with Gasteiger partial charge in [0.15, 0.2) is 0 Å². The van der Waals surface area contributed by atoms with Gasteiger partial charge >= 0.3 is 0 Å². The van der Waals surface area contributed by atoms with Gasteiger partial charge in [-0.05, 0) is 31.2 Å². The highest BCUT2D eigenvalue weighted by Crippen LogP contribution is 2.23. The van der Waals surface area contributed by atoms with Crippen molar-refractivity contribution in [1.29, 1.82) is 0 Å². The number of rotatable bonds is 4. The molecule has 0 N–H and O–H groups in total. The van der Waals surface area contributed by atoms with Crippen molar-refractivity contribution < 1.29 is 13.2 Å². The van der Waals surface area contributed by atoms with Crippen molar-refractivity contribution in [2.75, 3.05) is 42.6 Å². The van der Waals surface area contributed by atoms with Crippen molar-refractivity contribution in [3.63, 3.8) is 0 Å². The van der Waals surface area contributed by atoms with Crippen molar-refractivity contribution in [1.82, 2.24) is 9.97 Å². The number of morpholine rings is 1. The molecule has 0 bridgehead atoms. The molecule has 1 aliphatic rings. The number of ether oxygens (including phenoxy) is 1. The van der Waals surface area contributed by atoms with Crippen molar-refractivity contribution in [2.45, 2.75) is 11.8 Å². The average Bonchev–Trinajstić information content (AvgIpc) is 2.62. The van der Waals surface area contributed by atoms with Gasteiger partial charge in [0.2, 0.25) is 0 Å². The van der Waals surface area contributed by atoms with Crippen LogP contribution in [0, 0.1) is 6.92 Å². The first kappa shape index (κ1) is 16.7. The first-order chi connectivity index (χ1) is 11.5. The molecule has 2 aromatic rings. The molecule has 1 fully saturated rings. The van der Waals surface area contributed by atoms with Gasteiger partial charge < -0.3 is 9.64 Å². The molecule has 1 saturated heterocycles. The lowest BCUT2D eigenvalue weighted by Gasteiger charge is -2.28. The van der Waals surface area contributed by atoms with E-state index < -0.39 is 10.0 Å². The highest BCUT2D eigenvalue weighted by atomic mass is 32.2. The Morgan fingerprint density at radius 1 is 1.08 bits per heavy atom. The van der Waals surface area contributed by atoms with E-state index >= 15 is 0 Å². The number of nitrogens with zero attached hydrogens (tertiary/aromatic N) is 4. The predicted octanol–water partition coefficient (Wildman–Crippen LogP) is 1.45. The van der Waals surface area contributed by atoms with Crippen LogP contribution >= 0.6 is 0 Å². The Balaban J connectivity index is 1.81. The van der Waals surface area contributed by atoms with Crippen LogP contribution in [-0.2, 0) is 14.8 Å². The van der Waals surface area contributed by atoms with Gasteiger partial charge in [0, 0.05) is 32.0 Å². The summed E-state index contributed by atoms with van der Waals surface area (Å²) in [5, 5.41) is 0. The van der Waals surface area contributed by atoms with Crippen molar-refractivity contribution >= 4 is 21.5 Å². The molecule has 7 nitrogen and oxygen atoms in total. The second-order valence-corrected chi connectivity index (χ2v) is 7.55. The van der Waals surface area contributed by atoms with Crippen LogP contribution in [0.4, 0.5) is 11.5 Å². The second kappa shape index (κ2) is 6.74. The average molecular weight is 348 g/mol. The van der Waals surface area contributed by atoms with Crippen molar-refractivity contribution in [2.24, 2.45) is 0 Å². The summed E-state index contributed by atoms with van der Waals surface area (Å²) in [6.07, 6.45) is 2.95. The molecule has 0 atom stereocenters. The summed E-state index contributed by atoms with van der Waals surface area (Å²) in [5.41, 5.74) is 1.28. The van der Waals surface area contributed by atoms with E-state index in [4.69, 9.17) is 4.74 Å². The molecule has 0 radical (unpaired) electrons. The third kappa shape index (κ3) is 3.34. The third-order valence-corrected chi connectivity index (χ3v) is 5.74. The zero-order valence-corrected chi connectivity index (χ0v) is 14.5. The fourth-order valence-electron chi connectivity index (χ4n) is 2.45. The molecule has 3 rings (SSSR count). The number of aryl methyl sites for hydroxylation is 1. The Morgan fingerprint density at radius 2 is 1.83 bits per heavy atom. The number of aromatic nitrogens is 2. The minimum absolute atomic E-state index is 0.160. The molecule has 2 aromatic heterocycles. The summed E-state index contributed by atoms with van der Waals surface area (Å²) >= 11 is 0. The number of hydrogen-bond acceptors (Lipinski definition) is 6. The largest absolute Gasteiger partial charge is 0.378 e. The molecule has 128 valence electrons. The summed E-state index contributed by atoms with van der Waals surface area (Å²) in [7, 11) is -2.13. The maximum atomic E-state index is 12.7. The number of hydrogen-bond donors (Lipinski definition) is 0. The molecule has 0 amide bonds. The Morgan fingerprint density at radius 3 is 2.42 bits per heavy atom. The van der Waals surface area contributed by atoms with Crippen molar-refractivity contribution in [3.05, 3.63) is 42.4 Å². The van der Waals surface area contributed by atoms with Crippen LogP contribution in [0.1, 0.15) is 5.69 Å². The monoisotopic (exact) mass is 348 g/mol. The lowest BCUT2D eigenvalue weighted by atomic mass is 10.3. The highest BCUT2D eigenvalue weighted by Gasteiger charge is 2.22. The Bertz CT molecular complexity index is 785. The second-order valence-electron chi connectivity index (χ2n) is 5.58. The van der Waals surface area contributed by atoms with E-state index in [0.29, 0.717) is 18.9 Å². The minimum Gasteiger partial charge on any atom is -0.378 e. The lowest BCUT2D eigenvalue weighted by Crippen LogP contribution is -2.36. The molecule has 0 spiro atoms. The van der Waals surface area contributed by atoms with Crippen LogP contribution in [0.3, 0.4) is 0 Å². The van der Waals surface area contributed by atoms with Crippen LogP contribution in [0.2, 0.25) is 0 Å². The van der Waals surface area contributed by atoms with E-state index in [1.807, 2.05) is 13.0 Å². The number of pyridine rings is 2. The fraction of sp³-hybridized carbons (Fsp3) is 0.375. The van der Waals surface area contributed by atoms with E-state index in [1.165, 1.54) is 17.5 Å². The van der Waals surface area contributed by atoms with Gasteiger partial charge in [0.05, 0.1) is 25.1 Å². The normalized spacial score (nSPS) is 15.3. The Kier molecular flexibility index (Phi) is 4.68. The molecule has 3 heterocycles. The number of sulfonamides is 1. The summed E-state index contributed by atoms with van der Waals surface area (Å²) in [5.74, 6) is 0.824. The molecule has 24 heavy (non-hydrogen) atoms. The summed E-state index contributed by atoms with van der Waals surface area (Å²) < 4.78 is 31.9. The van der Waals surface area contributed by atoms with Gasteiger partial charge in [-0.1, -0.05) is 0 Å². The highest BCUT2D eigenvalue weighted by molar-refractivity contribution is 7.92. The quantitative estimate of drug-likeness (QED) is 0.832. The first-order valence-corrected chi connectivity index (χ1v) is 9.13. The van der Waals surface area contributed by atoms with E-state index in [0.717, 1.165) is 24.6 Å². The molecule has 0 aliphatic carbocycles. The van der Waals surface area contributed by atoms with Gasteiger partial charge in [-0.15, -0.1) is 0 Å². The summed E-state index contributed by atoms with van der Waals surface area (Å²) in [4.78, 5) is 10.7. The molecule has 0 saturated carbocycles. The maximum Gasteiger partial charge on any atom is 0.265 e. The zero-order chi connectivity index (χ0) is 17.2. The standard InChI is InChI=1S/C16H20N4O3S/c1-13-3-5-15(12-17-13)24(21,22)19(2)14-4-6-16(18-11-14)20-7-9-23-10-8-20/h3-6,11-12H,7-10H2,1-2H3. The topological polar surface area (TPSA) is 75.6 Å². The summed E-state index contributed by atoms with van der Waals surface area (Å²) in [6, 6.07) is 6.83. The van der Waals surface area contributed by atoms with Gasteiger partial charge in [0.1, 0.15) is 10.7 Å². The lowest BCUT2D eigenvalue weighted by molar-refractivity contribution is 0.122. The van der Waals surface area contributed by atoms with Crippen LogP contribution in [0.5, 0.6) is 0 Å². The van der Waals surface area contributed by atoms with Gasteiger partial charge in [-0.2, -0.15) is 0 Å². The smallest absolute Gasteiger partial charge is 0.265 e. The molecular formula is C16H20N4O3S. The zero-order valence-electron chi connectivity index (χ0n) is 13.7. The number of anilines is 2.